The van der Waals surface area contributed by atoms with Gasteiger partial charge in [0.15, 0.2) is 0 Å². The fourth-order valence-electron chi connectivity index (χ4n) is 2.43. The first kappa shape index (κ1) is 19.1. The normalized spacial score (nSPS) is 10.6. The van der Waals surface area contributed by atoms with Crippen molar-refractivity contribution in [2.75, 3.05) is 6.54 Å². The van der Waals surface area contributed by atoms with Crippen LogP contribution in [0.15, 0.2) is 22.9 Å². The van der Waals surface area contributed by atoms with Gasteiger partial charge in [-0.15, -0.1) is 0 Å². The summed E-state index contributed by atoms with van der Waals surface area (Å²) < 4.78 is 0.749. The first-order chi connectivity index (χ1) is 10.7. The molecule has 0 aromatic carbocycles. The molecule has 0 saturated carbocycles. The minimum Gasteiger partial charge on any atom is -0.352 e. The number of hydrogen-bond acceptors (Lipinski definition) is 2. The molecule has 0 saturated heterocycles. The number of carbonyl (C=O) groups excluding carboxylic acids is 1. The van der Waals surface area contributed by atoms with Crippen LogP contribution in [0.25, 0.3) is 0 Å². The second-order valence-corrected chi connectivity index (χ2v) is 6.62. The molecule has 124 valence electrons. The van der Waals surface area contributed by atoms with Crippen LogP contribution < -0.4 is 5.32 Å². The summed E-state index contributed by atoms with van der Waals surface area (Å²) in [5, 5.41) is 2.95. The van der Waals surface area contributed by atoms with E-state index in [9.17, 15) is 4.79 Å². The minimum atomic E-state index is -0.0316. The molecular weight excluding hydrogens is 340 g/mol. The Morgan fingerprint density at radius 1 is 1.00 bits per heavy atom. The van der Waals surface area contributed by atoms with Crippen molar-refractivity contribution in [3.05, 3.63) is 28.5 Å². The van der Waals surface area contributed by atoms with Crippen LogP contribution in [-0.2, 0) is 0 Å². The number of hydrogen-bond donors (Lipinski definition) is 1. The van der Waals surface area contributed by atoms with Crippen LogP contribution in [0.3, 0.4) is 0 Å². The zero-order chi connectivity index (χ0) is 16.0. The molecular formula is C18H29BrN2O. The third kappa shape index (κ3) is 9.19. The van der Waals surface area contributed by atoms with E-state index in [1.54, 1.807) is 18.3 Å². The Labute approximate surface area is 143 Å². The quantitative estimate of drug-likeness (QED) is 0.391. The lowest BCUT2D eigenvalue weighted by Gasteiger charge is -2.05. The molecule has 1 N–H and O–H groups in total. The molecule has 0 fully saturated rings. The van der Waals surface area contributed by atoms with E-state index in [2.05, 4.69) is 33.2 Å². The molecule has 0 unspecified atom stereocenters. The number of rotatable bonds is 12. The molecule has 1 aromatic heterocycles. The van der Waals surface area contributed by atoms with E-state index >= 15 is 0 Å². The van der Waals surface area contributed by atoms with E-state index in [1.165, 1.54) is 57.8 Å². The van der Waals surface area contributed by atoms with Crippen molar-refractivity contribution >= 4 is 21.8 Å². The molecule has 22 heavy (non-hydrogen) atoms. The standard InChI is InChI=1S/C18H29BrN2O/c1-2-3-4-5-6-7-8-9-10-11-14-20-18(22)16-12-13-17(19)21-15-16/h12-13,15H,2-11,14H2,1H3,(H,20,22). The molecule has 1 heterocycles. The Morgan fingerprint density at radius 2 is 1.59 bits per heavy atom. The Morgan fingerprint density at radius 3 is 2.14 bits per heavy atom. The molecule has 0 bridgehead atoms. The molecule has 0 radical (unpaired) electrons. The third-order valence-corrected chi connectivity index (χ3v) is 4.27. The highest BCUT2D eigenvalue weighted by molar-refractivity contribution is 9.10. The van der Waals surface area contributed by atoms with Gasteiger partial charge in [-0.05, 0) is 34.5 Å². The number of halogens is 1. The van der Waals surface area contributed by atoms with Crippen molar-refractivity contribution in [3.63, 3.8) is 0 Å². The maximum Gasteiger partial charge on any atom is 0.252 e. The summed E-state index contributed by atoms with van der Waals surface area (Å²) in [6, 6.07) is 3.57. The third-order valence-electron chi connectivity index (χ3n) is 3.81. The van der Waals surface area contributed by atoms with Gasteiger partial charge in [-0.2, -0.15) is 0 Å². The average Bonchev–Trinajstić information content (AvgIpc) is 2.53. The molecule has 0 spiro atoms. The molecule has 0 aliphatic rings. The van der Waals surface area contributed by atoms with Gasteiger partial charge in [-0.3, -0.25) is 4.79 Å². The van der Waals surface area contributed by atoms with Gasteiger partial charge in [0.2, 0.25) is 0 Å². The lowest BCUT2D eigenvalue weighted by atomic mass is 10.1. The van der Waals surface area contributed by atoms with E-state index in [0.29, 0.717) is 5.56 Å². The summed E-state index contributed by atoms with van der Waals surface area (Å²) in [6.45, 7) is 3.01. The summed E-state index contributed by atoms with van der Waals surface area (Å²) in [7, 11) is 0. The van der Waals surface area contributed by atoms with Gasteiger partial charge in [-0.25, -0.2) is 4.98 Å². The lowest BCUT2D eigenvalue weighted by Crippen LogP contribution is -2.24. The van der Waals surface area contributed by atoms with Gasteiger partial charge >= 0.3 is 0 Å². The van der Waals surface area contributed by atoms with Crippen molar-refractivity contribution in [2.45, 2.75) is 71.1 Å². The van der Waals surface area contributed by atoms with Crippen LogP contribution in [0, 0.1) is 0 Å². The van der Waals surface area contributed by atoms with Gasteiger partial charge in [0.1, 0.15) is 4.60 Å². The highest BCUT2D eigenvalue weighted by Crippen LogP contribution is 2.10. The van der Waals surface area contributed by atoms with Crippen LogP contribution in [0.1, 0.15) is 81.5 Å². The number of aromatic nitrogens is 1. The van der Waals surface area contributed by atoms with Crippen molar-refractivity contribution in [2.24, 2.45) is 0 Å². The van der Waals surface area contributed by atoms with Crippen molar-refractivity contribution in [3.8, 4) is 0 Å². The predicted octanol–water partition coefficient (Wildman–Crippen LogP) is 5.49. The molecule has 0 aliphatic carbocycles. The number of pyridine rings is 1. The SMILES string of the molecule is CCCCCCCCCCCCNC(=O)c1ccc(Br)nc1. The Hall–Kier alpha value is -0.900. The number of nitrogens with one attached hydrogen (secondary N) is 1. The van der Waals surface area contributed by atoms with Crippen LogP contribution in [0.2, 0.25) is 0 Å². The maximum atomic E-state index is 11.8. The van der Waals surface area contributed by atoms with E-state index in [4.69, 9.17) is 0 Å². The Balaban J connectivity index is 1.93. The highest BCUT2D eigenvalue weighted by Gasteiger charge is 2.04. The number of amides is 1. The van der Waals surface area contributed by atoms with E-state index < -0.39 is 0 Å². The number of carbonyl (C=O) groups is 1. The van der Waals surface area contributed by atoms with Crippen LogP contribution in [0.4, 0.5) is 0 Å². The number of unbranched alkanes of at least 4 members (excludes halogenated alkanes) is 9. The second kappa shape index (κ2) is 12.6. The topological polar surface area (TPSA) is 42.0 Å². The van der Waals surface area contributed by atoms with E-state index in [1.807, 2.05) is 0 Å². The summed E-state index contributed by atoms with van der Waals surface area (Å²) in [5.41, 5.74) is 0.621. The largest absolute Gasteiger partial charge is 0.352 e. The number of nitrogens with zero attached hydrogens (tertiary/aromatic N) is 1. The first-order valence-electron chi connectivity index (χ1n) is 8.63. The van der Waals surface area contributed by atoms with Gasteiger partial charge in [-0.1, -0.05) is 64.7 Å². The molecule has 1 rings (SSSR count). The average molecular weight is 369 g/mol. The molecule has 3 nitrogen and oxygen atoms in total. The van der Waals surface area contributed by atoms with Gasteiger partial charge in [0, 0.05) is 12.7 Å². The Bertz CT molecular complexity index is 406. The zero-order valence-corrected chi connectivity index (χ0v) is 15.3. The molecule has 0 aliphatic heterocycles. The Kier molecular flexibility index (Phi) is 11.0. The lowest BCUT2D eigenvalue weighted by molar-refractivity contribution is 0.0952. The second-order valence-electron chi connectivity index (χ2n) is 5.81. The van der Waals surface area contributed by atoms with E-state index in [0.717, 1.165) is 17.6 Å². The van der Waals surface area contributed by atoms with Gasteiger partial charge in [0.25, 0.3) is 5.91 Å². The fourth-order valence-corrected chi connectivity index (χ4v) is 2.66. The first-order valence-corrected chi connectivity index (χ1v) is 9.43. The maximum absolute atomic E-state index is 11.8. The smallest absolute Gasteiger partial charge is 0.252 e. The molecule has 1 aromatic rings. The summed E-state index contributed by atoms with van der Waals surface area (Å²) in [4.78, 5) is 15.9. The van der Waals surface area contributed by atoms with Gasteiger partial charge in [0.05, 0.1) is 5.56 Å². The predicted molar refractivity (Wildman–Crippen MR) is 96.1 cm³/mol. The minimum absolute atomic E-state index is 0.0316. The van der Waals surface area contributed by atoms with Crippen molar-refractivity contribution in [1.29, 1.82) is 0 Å². The zero-order valence-electron chi connectivity index (χ0n) is 13.7. The summed E-state index contributed by atoms with van der Waals surface area (Å²) >= 11 is 3.26. The molecule has 1 amide bonds. The highest BCUT2D eigenvalue weighted by atomic mass is 79.9. The van der Waals surface area contributed by atoms with Crippen molar-refractivity contribution < 1.29 is 4.79 Å². The van der Waals surface area contributed by atoms with Crippen molar-refractivity contribution in [1.82, 2.24) is 10.3 Å². The monoisotopic (exact) mass is 368 g/mol. The fraction of sp³-hybridized carbons (Fsp3) is 0.667. The summed E-state index contributed by atoms with van der Waals surface area (Å²) in [5.74, 6) is -0.0316. The van der Waals surface area contributed by atoms with Crippen LogP contribution in [-0.4, -0.2) is 17.4 Å². The van der Waals surface area contributed by atoms with Crippen LogP contribution in [0.5, 0.6) is 0 Å². The van der Waals surface area contributed by atoms with E-state index in [-0.39, 0.29) is 5.91 Å². The molecule has 0 atom stereocenters. The summed E-state index contributed by atoms with van der Waals surface area (Å²) in [6.07, 6.45) is 14.7. The van der Waals surface area contributed by atoms with Gasteiger partial charge < -0.3 is 5.32 Å². The molecule has 4 heteroatoms. The van der Waals surface area contributed by atoms with Crippen LogP contribution >= 0.6 is 15.9 Å².